The van der Waals surface area contributed by atoms with E-state index < -0.39 is 17.4 Å². The highest BCUT2D eigenvalue weighted by atomic mass is 16.4. The summed E-state index contributed by atoms with van der Waals surface area (Å²) in [7, 11) is 0. The van der Waals surface area contributed by atoms with Crippen molar-refractivity contribution < 1.29 is 19.8 Å². The molecular weight excluding hydrogens is 606 g/mol. The first-order valence-corrected chi connectivity index (χ1v) is 18.8. The standard InChI is InChI=1S/C44H53NO4/c1-26-17-22-44(39(48)49)24-23-42(5)32(37(26)44)15-16-35-41(4)20-18-31(40(2,3)34(41)19-21-43(35,42)6)28-13-11-27(12-14-28)30-25-45-33-10-8-7-9-29(33)36(30)38(46)47/h7-14,18,25-26,32,34-35,37H,15-17,19-24H2,1-6H3,(H,46,47)(H,48,49). The van der Waals surface area contributed by atoms with Gasteiger partial charge in [-0.05, 0) is 132 Å². The van der Waals surface area contributed by atoms with Crippen LogP contribution in [0.5, 0.6) is 0 Å². The molecule has 5 heteroatoms. The highest BCUT2D eigenvalue weighted by Gasteiger charge is 2.71. The van der Waals surface area contributed by atoms with E-state index in [1.54, 1.807) is 6.20 Å². The Morgan fingerprint density at radius 2 is 1.49 bits per heavy atom. The van der Waals surface area contributed by atoms with Crippen molar-refractivity contribution in [2.24, 2.45) is 56.7 Å². The average molecular weight is 660 g/mol. The number of aliphatic carboxylic acids is 1. The monoisotopic (exact) mass is 659 g/mol. The maximum absolute atomic E-state index is 12.9. The van der Waals surface area contributed by atoms with Gasteiger partial charge in [0.05, 0.1) is 16.5 Å². The molecule has 3 aromatic rings. The fourth-order valence-corrected chi connectivity index (χ4v) is 13.8. The van der Waals surface area contributed by atoms with Gasteiger partial charge < -0.3 is 10.2 Å². The van der Waals surface area contributed by atoms with Crippen LogP contribution in [0.3, 0.4) is 0 Å². The first kappa shape index (κ1) is 32.7. The number of aromatic carboxylic acids is 1. The number of carboxylic acid groups (broad SMARTS) is 2. The fraction of sp³-hybridized carbons (Fsp3) is 0.568. The zero-order chi connectivity index (χ0) is 34.7. The van der Waals surface area contributed by atoms with Gasteiger partial charge in [0.1, 0.15) is 0 Å². The summed E-state index contributed by atoms with van der Waals surface area (Å²) >= 11 is 0. The summed E-state index contributed by atoms with van der Waals surface area (Å²) in [4.78, 5) is 29.9. The second-order valence-electron chi connectivity index (χ2n) is 18.2. The van der Waals surface area contributed by atoms with Gasteiger partial charge in [0, 0.05) is 17.1 Å². The van der Waals surface area contributed by atoms with Crippen LogP contribution in [0.1, 0.15) is 115 Å². The first-order chi connectivity index (χ1) is 23.2. The fourth-order valence-electron chi connectivity index (χ4n) is 13.8. The normalized spacial score (nSPS) is 39.2. The number of benzene rings is 2. The summed E-state index contributed by atoms with van der Waals surface area (Å²) in [5.74, 6) is 0.997. The first-order valence-electron chi connectivity index (χ1n) is 18.8. The SMILES string of the molecule is CC1CCC2(C(=O)O)CCC3(C)C(CCC4C5(C)CC=C(c6ccc(-c7cnc8ccccc8c7C(=O)O)cc6)C(C)(C)C5CCC43C)C12. The van der Waals surface area contributed by atoms with Crippen LogP contribution in [0.2, 0.25) is 0 Å². The largest absolute Gasteiger partial charge is 0.481 e. The molecule has 4 saturated carbocycles. The Bertz CT molecular complexity index is 1890. The third-order valence-corrected chi connectivity index (χ3v) is 16.3. The molecule has 1 aromatic heterocycles. The summed E-state index contributed by atoms with van der Waals surface area (Å²) in [5, 5.41) is 21.4. The van der Waals surface area contributed by atoms with Crippen LogP contribution in [-0.2, 0) is 4.79 Å². The minimum absolute atomic E-state index is 0.0185. The van der Waals surface area contributed by atoms with Gasteiger partial charge in [0.25, 0.3) is 0 Å². The molecule has 1 heterocycles. The number of hydrogen-bond acceptors (Lipinski definition) is 3. The zero-order valence-electron chi connectivity index (χ0n) is 30.2. The molecule has 0 spiro atoms. The lowest BCUT2D eigenvalue weighted by atomic mass is 9.32. The number of fused-ring (bicyclic) bond motifs is 8. The Balaban J connectivity index is 1.11. The minimum atomic E-state index is -0.938. The molecule has 0 bridgehead atoms. The number of carbonyl (C=O) groups is 2. The van der Waals surface area contributed by atoms with Gasteiger partial charge in [0.15, 0.2) is 0 Å². The molecule has 2 aromatic carbocycles. The number of carboxylic acids is 2. The smallest absolute Gasteiger partial charge is 0.337 e. The van der Waals surface area contributed by atoms with Gasteiger partial charge in [-0.15, -0.1) is 0 Å². The van der Waals surface area contributed by atoms with Crippen molar-refractivity contribution in [1.29, 1.82) is 0 Å². The molecule has 258 valence electrons. The van der Waals surface area contributed by atoms with Gasteiger partial charge in [-0.25, -0.2) is 4.79 Å². The topological polar surface area (TPSA) is 87.5 Å². The van der Waals surface area contributed by atoms with E-state index in [-0.39, 0.29) is 21.7 Å². The molecule has 0 amide bonds. The van der Waals surface area contributed by atoms with E-state index in [9.17, 15) is 19.8 Å². The summed E-state index contributed by atoms with van der Waals surface area (Å²) in [6.07, 6.45) is 13.9. The second kappa shape index (κ2) is 10.8. The zero-order valence-corrected chi connectivity index (χ0v) is 30.2. The predicted molar refractivity (Wildman–Crippen MR) is 195 cm³/mol. The molecular formula is C44H53NO4. The Kier molecular flexibility index (Phi) is 7.19. The van der Waals surface area contributed by atoms with Crippen LogP contribution in [0.25, 0.3) is 27.6 Å². The third-order valence-electron chi connectivity index (χ3n) is 16.3. The van der Waals surface area contributed by atoms with Gasteiger partial charge in [-0.3, -0.25) is 9.78 Å². The van der Waals surface area contributed by atoms with Crippen molar-refractivity contribution in [3.05, 3.63) is 71.9 Å². The molecule has 49 heavy (non-hydrogen) atoms. The highest BCUT2D eigenvalue weighted by Crippen LogP contribution is 2.77. The number of para-hydroxylation sites is 1. The Hall–Kier alpha value is -3.47. The van der Waals surface area contributed by atoms with E-state index in [4.69, 9.17) is 0 Å². The highest BCUT2D eigenvalue weighted by molar-refractivity contribution is 6.08. The van der Waals surface area contributed by atoms with Crippen molar-refractivity contribution in [3.8, 4) is 11.1 Å². The van der Waals surface area contributed by atoms with Crippen molar-refractivity contribution in [2.75, 3.05) is 0 Å². The molecule has 0 radical (unpaired) electrons. The van der Waals surface area contributed by atoms with Crippen molar-refractivity contribution in [3.63, 3.8) is 0 Å². The molecule has 5 aliphatic carbocycles. The second-order valence-corrected chi connectivity index (χ2v) is 18.2. The summed E-state index contributed by atoms with van der Waals surface area (Å²) in [6, 6.07) is 16.0. The van der Waals surface area contributed by atoms with Gasteiger partial charge >= 0.3 is 11.9 Å². The van der Waals surface area contributed by atoms with Crippen LogP contribution < -0.4 is 0 Å². The quantitative estimate of drug-likeness (QED) is 0.291. The Morgan fingerprint density at radius 1 is 0.776 bits per heavy atom. The number of nitrogens with zero attached hydrogens (tertiary/aromatic N) is 1. The molecule has 0 aliphatic heterocycles. The van der Waals surface area contributed by atoms with Crippen LogP contribution in [0, 0.1) is 56.7 Å². The molecule has 8 rings (SSSR count). The van der Waals surface area contributed by atoms with E-state index in [1.165, 1.54) is 36.8 Å². The Morgan fingerprint density at radius 3 is 2.20 bits per heavy atom. The van der Waals surface area contributed by atoms with Crippen LogP contribution >= 0.6 is 0 Å². The number of pyridine rings is 1. The molecule has 2 N–H and O–H groups in total. The van der Waals surface area contributed by atoms with Gasteiger partial charge in [-0.1, -0.05) is 90.1 Å². The summed E-state index contributed by atoms with van der Waals surface area (Å²) in [6.45, 7) is 15.1. The van der Waals surface area contributed by atoms with Gasteiger partial charge in [-0.2, -0.15) is 0 Å². The number of aromatic nitrogens is 1. The lowest BCUT2D eigenvalue weighted by molar-refractivity contribution is -0.228. The van der Waals surface area contributed by atoms with E-state index in [0.717, 1.165) is 37.7 Å². The Labute approximate surface area is 291 Å². The third kappa shape index (κ3) is 4.26. The van der Waals surface area contributed by atoms with Crippen LogP contribution in [0.15, 0.2) is 60.8 Å². The minimum Gasteiger partial charge on any atom is -0.481 e. The summed E-state index contributed by atoms with van der Waals surface area (Å²) < 4.78 is 0. The molecule has 4 fully saturated rings. The molecule has 9 unspecified atom stereocenters. The lowest BCUT2D eigenvalue weighted by Crippen LogP contribution is -2.65. The molecule has 5 aliphatic rings. The molecule has 0 saturated heterocycles. The maximum Gasteiger partial charge on any atom is 0.337 e. The van der Waals surface area contributed by atoms with Crippen molar-refractivity contribution >= 4 is 28.4 Å². The average Bonchev–Trinajstić information content (AvgIpc) is 3.42. The number of rotatable bonds is 4. The van der Waals surface area contributed by atoms with E-state index >= 15 is 0 Å². The van der Waals surface area contributed by atoms with Crippen LogP contribution in [-0.4, -0.2) is 27.1 Å². The van der Waals surface area contributed by atoms with Crippen LogP contribution in [0.4, 0.5) is 0 Å². The number of allylic oxidation sites excluding steroid dienone is 2. The molecule has 9 atom stereocenters. The van der Waals surface area contributed by atoms with Gasteiger partial charge in [0.2, 0.25) is 0 Å². The van der Waals surface area contributed by atoms with E-state index in [1.807, 2.05) is 24.3 Å². The lowest BCUT2D eigenvalue weighted by Gasteiger charge is -2.72. The van der Waals surface area contributed by atoms with E-state index in [0.29, 0.717) is 51.6 Å². The molecule has 5 nitrogen and oxygen atoms in total. The summed E-state index contributed by atoms with van der Waals surface area (Å²) in [5.41, 5.74) is 5.16. The van der Waals surface area contributed by atoms with Crippen molar-refractivity contribution in [1.82, 2.24) is 4.98 Å². The number of hydrogen-bond donors (Lipinski definition) is 2. The predicted octanol–water partition coefficient (Wildman–Crippen LogP) is 10.8. The van der Waals surface area contributed by atoms with Crippen molar-refractivity contribution in [2.45, 2.75) is 99.3 Å². The van der Waals surface area contributed by atoms with E-state index in [2.05, 4.69) is 76.9 Å². The maximum atomic E-state index is 12.9.